The molecule has 0 amide bonds. The molecular formula is C3H8ClNO3S. The van der Waals surface area contributed by atoms with Gasteiger partial charge in [-0.3, -0.25) is 0 Å². The molecule has 0 heterocycles. The van der Waals surface area contributed by atoms with E-state index in [1.165, 1.54) is 0 Å². The fraction of sp³-hybridized carbons (Fsp3) is 1.00. The average molecular weight is 174 g/mol. The molecule has 0 aromatic carbocycles. The summed E-state index contributed by atoms with van der Waals surface area (Å²) in [7, 11) is -3.58. The van der Waals surface area contributed by atoms with Crippen molar-refractivity contribution in [2.24, 2.45) is 5.73 Å². The van der Waals surface area contributed by atoms with Crippen molar-refractivity contribution in [3.05, 3.63) is 0 Å². The summed E-state index contributed by atoms with van der Waals surface area (Å²) in [6, 6.07) is -0.450. The minimum atomic E-state index is -3.58. The molecule has 0 saturated heterocycles. The van der Waals surface area contributed by atoms with Crippen LogP contribution in [-0.2, 0) is 13.9 Å². The summed E-state index contributed by atoms with van der Waals surface area (Å²) < 4.78 is 24.4. The van der Waals surface area contributed by atoms with Gasteiger partial charge in [-0.15, -0.1) is 0 Å². The summed E-state index contributed by atoms with van der Waals surface area (Å²) in [6.45, 7) is 1.55. The molecule has 9 heavy (non-hydrogen) atoms. The highest BCUT2D eigenvalue weighted by atomic mass is 35.5. The Morgan fingerprint density at radius 2 is 2.22 bits per heavy atom. The maximum Gasteiger partial charge on any atom is 0.284 e. The summed E-state index contributed by atoms with van der Waals surface area (Å²) in [5.74, 6) is -0.253. The van der Waals surface area contributed by atoms with Gasteiger partial charge in [-0.05, 0) is 6.92 Å². The Morgan fingerprint density at radius 3 is 2.33 bits per heavy atom. The Hall–Kier alpha value is 0.160. The predicted octanol–water partition coefficient (Wildman–Crippen LogP) is -0.166. The number of halogens is 1. The molecule has 0 radical (unpaired) electrons. The highest BCUT2D eigenvalue weighted by Gasteiger charge is 2.12. The van der Waals surface area contributed by atoms with Crippen LogP contribution in [0.2, 0.25) is 0 Å². The monoisotopic (exact) mass is 173 g/mol. The van der Waals surface area contributed by atoms with E-state index in [4.69, 9.17) is 5.73 Å². The van der Waals surface area contributed by atoms with Gasteiger partial charge < -0.3 is 5.73 Å². The van der Waals surface area contributed by atoms with Gasteiger partial charge in [0.05, 0.1) is 17.6 Å². The summed E-state index contributed by atoms with van der Waals surface area (Å²) in [6.07, 6.45) is 0. The zero-order valence-electron chi connectivity index (χ0n) is 4.87. The van der Waals surface area contributed by atoms with E-state index in [-0.39, 0.29) is 5.75 Å². The van der Waals surface area contributed by atoms with Crippen LogP contribution in [-0.4, -0.2) is 20.2 Å². The van der Waals surface area contributed by atoms with Gasteiger partial charge in [-0.25, -0.2) is 0 Å². The van der Waals surface area contributed by atoms with Gasteiger partial charge in [0.25, 0.3) is 10.1 Å². The first-order valence-electron chi connectivity index (χ1n) is 2.26. The summed E-state index contributed by atoms with van der Waals surface area (Å²) >= 11 is 4.59. The highest BCUT2D eigenvalue weighted by molar-refractivity contribution is 7.87. The van der Waals surface area contributed by atoms with E-state index in [0.717, 1.165) is 0 Å². The van der Waals surface area contributed by atoms with Crippen molar-refractivity contribution in [1.82, 2.24) is 0 Å². The predicted molar refractivity (Wildman–Crippen MR) is 34.4 cm³/mol. The number of nitrogens with two attached hydrogens (primary N) is 1. The van der Waals surface area contributed by atoms with Crippen LogP contribution in [0, 0.1) is 0 Å². The van der Waals surface area contributed by atoms with E-state index in [0.29, 0.717) is 0 Å². The minimum Gasteiger partial charge on any atom is -0.327 e. The van der Waals surface area contributed by atoms with Crippen LogP contribution in [0.4, 0.5) is 0 Å². The summed E-state index contributed by atoms with van der Waals surface area (Å²) in [5, 5.41) is 0. The Labute approximate surface area is 59.2 Å². The molecule has 0 aromatic rings. The van der Waals surface area contributed by atoms with E-state index >= 15 is 0 Å². The average Bonchev–Trinajstić information content (AvgIpc) is 1.63. The van der Waals surface area contributed by atoms with Crippen LogP contribution >= 0.6 is 11.9 Å². The molecule has 56 valence electrons. The number of hydrogen-bond acceptors (Lipinski definition) is 4. The molecule has 2 N–H and O–H groups in total. The smallest absolute Gasteiger partial charge is 0.284 e. The molecule has 0 aliphatic rings. The van der Waals surface area contributed by atoms with E-state index in [1.807, 2.05) is 0 Å². The van der Waals surface area contributed by atoms with Gasteiger partial charge >= 0.3 is 0 Å². The first-order valence-corrected chi connectivity index (χ1v) is 4.15. The van der Waals surface area contributed by atoms with Crippen molar-refractivity contribution in [3.8, 4) is 0 Å². The Kier molecular flexibility index (Phi) is 3.42. The maximum absolute atomic E-state index is 10.4. The van der Waals surface area contributed by atoms with Crippen LogP contribution in [0.25, 0.3) is 0 Å². The van der Waals surface area contributed by atoms with Crippen LogP contribution < -0.4 is 5.73 Å². The van der Waals surface area contributed by atoms with Crippen LogP contribution in [0.5, 0.6) is 0 Å². The van der Waals surface area contributed by atoms with Gasteiger partial charge in [-0.2, -0.15) is 12.2 Å². The first kappa shape index (κ1) is 9.16. The molecule has 6 heteroatoms. The van der Waals surface area contributed by atoms with Crippen molar-refractivity contribution < 1.29 is 12.2 Å². The largest absolute Gasteiger partial charge is 0.327 e. The summed E-state index contributed by atoms with van der Waals surface area (Å²) in [4.78, 5) is 0. The normalized spacial score (nSPS) is 15.4. The van der Waals surface area contributed by atoms with Gasteiger partial charge in [0.1, 0.15) is 0 Å². The maximum atomic E-state index is 10.4. The lowest BCUT2D eigenvalue weighted by atomic mass is 10.4. The van der Waals surface area contributed by atoms with Crippen LogP contribution in [0.15, 0.2) is 0 Å². The highest BCUT2D eigenvalue weighted by Crippen LogP contribution is 1.97. The Morgan fingerprint density at radius 1 is 1.78 bits per heavy atom. The van der Waals surface area contributed by atoms with Crippen LogP contribution in [0.1, 0.15) is 6.92 Å². The molecule has 0 rings (SSSR count). The van der Waals surface area contributed by atoms with E-state index in [1.54, 1.807) is 6.92 Å². The minimum absolute atomic E-state index is 0.253. The van der Waals surface area contributed by atoms with Gasteiger partial charge in [-0.1, -0.05) is 0 Å². The first-order chi connectivity index (χ1) is 3.98. The van der Waals surface area contributed by atoms with E-state index in [9.17, 15) is 8.42 Å². The fourth-order valence-corrected chi connectivity index (χ4v) is 1.20. The standard InChI is InChI=1S/C3H8ClNO3S/c1-3(5)2-9(6,7)8-4/h3H,2,5H2,1H3. The molecular weight excluding hydrogens is 166 g/mol. The second kappa shape index (κ2) is 3.36. The second-order valence-electron chi connectivity index (χ2n) is 1.76. The topological polar surface area (TPSA) is 69.4 Å². The van der Waals surface area contributed by atoms with E-state index < -0.39 is 16.2 Å². The fourth-order valence-electron chi connectivity index (χ4n) is 0.348. The molecule has 0 fully saturated rings. The van der Waals surface area contributed by atoms with Gasteiger partial charge in [0, 0.05) is 6.04 Å². The third-order valence-electron chi connectivity index (χ3n) is 0.563. The van der Waals surface area contributed by atoms with Crippen LogP contribution in [0.3, 0.4) is 0 Å². The number of rotatable bonds is 3. The Balaban J connectivity index is 3.90. The zero-order chi connectivity index (χ0) is 7.49. The lowest BCUT2D eigenvalue weighted by Gasteiger charge is -2.00. The van der Waals surface area contributed by atoms with Crippen molar-refractivity contribution in [2.45, 2.75) is 13.0 Å². The third-order valence-corrected chi connectivity index (χ3v) is 2.26. The second-order valence-corrected chi connectivity index (χ2v) is 3.72. The van der Waals surface area contributed by atoms with Gasteiger partial charge in [0.15, 0.2) is 0 Å². The quantitative estimate of drug-likeness (QED) is 0.644. The molecule has 0 bridgehead atoms. The number of hydrogen-bond donors (Lipinski definition) is 1. The van der Waals surface area contributed by atoms with E-state index in [2.05, 4.69) is 15.6 Å². The van der Waals surface area contributed by atoms with Crippen molar-refractivity contribution in [3.63, 3.8) is 0 Å². The molecule has 0 saturated carbocycles. The lowest BCUT2D eigenvalue weighted by molar-refractivity contribution is 0.504. The molecule has 0 aliphatic heterocycles. The zero-order valence-corrected chi connectivity index (χ0v) is 6.45. The Bertz CT molecular complexity index is 164. The molecule has 0 aromatic heterocycles. The molecule has 0 aliphatic carbocycles. The molecule has 4 nitrogen and oxygen atoms in total. The molecule has 1 unspecified atom stereocenters. The lowest BCUT2D eigenvalue weighted by Crippen LogP contribution is -2.25. The van der Waals surface area contributed by atoms with Crippen molar-refractivity contribution >= 4 is 22.0 Å². The van der Waals surface area contributed by atoms with Crippen molar-refractivity contribution in [1.29, 1.82) is 0 Å². The van der Waals surface area contributed by atoms with Crippen molar-refractivity contribution in [2.75, 3.05) is 5.75 Å². The summed E-state index contributed by atoms with van der Waals surface area (Å²) in [5.41, 5.74) is 5.14. The van der Waals surface area contributed by atoms with Gasteiger partial charge in [0.2, 0.25) is 0 Å². The molecule has 1 atom stereocenters. The SMILES string of the molecule is CC(N)CS(=O)(=O)OCl. The third kappa shape index (κ3) is 4.65. The molecule has 0 spiro atoms.